The summed E-state index contributed by atoms with van der Waals surface area (Å²) in [6.07, 6.45) is 7.29. The van der Waals surface area contributed by atoms with E-state index in [0.717, 1.165) is 55.6 Å². The van der Waals surface area contributed by atoms with E-state index in [9.17, 15) is 4.39 Å². The van der Waals surface area contributed by atoms with E-state index in [-0.39, 0.29) is 5.82 Å². The molecule has 0 bridgehead atoms. The minimum absolute atomic E-state index is 0.276. The quantitative estimate of drug-likeness (QED) is 0.419. The Labute approximate surface area is 182 Å². The lowest BCUT2D eigenvalue weighted by Gasteiger charge is -2.04. The number of nitrogens with zero attached hydrogens (tertiary/aromatic N) is 5. The maximum Gasteiger partial charge on any atom is 0.155 e. The third-order valence-corrected chi connectivity index (χ3v) is 5.57. The first-order chi connectivity index (χ1) is 15.5. The van der Waals surface area contributed by atoms with Gasteiger partial charge in [-0.25, -0.2) is 9.37 Å². The summed E-state index contributed by atoms with van der Waals surface area (Å²) < 4.78 is 15.8. The van der Waals surface area contributed by atoms with Gasteiger partial charge in [-0.05, 0) is 48.9 Å². The average Bonchev–Trinajstić information content (AvgIpc) is 3.49. The summed E-state index contributed by atoms with van der Waals surface area (Å²) in [6, 6.07) is 10.9. The Bertz CT molecular complexity index is 1600. The van der Waals surface area contributed by atoms with E-state index in [2.05, 4.69) is 36.3 Å². The van der Waals surface area contributed by atoms with E-state index in [1.807, 2.05) is 44.6 Å². The van der Waals surface area contributed by atoms with Crippen LogP contribution in [0.2, 0.25) is 0 Å². The molecule has 32 heavy (non-hydrogen) atoms. The van der Waals surface area contributed by atoms with E-state index >= 15 is 0 Å². The lowest BCUT2D eigenvalue weighted by atomic mass is 10.0. The highest BCUT2D eigenvalue weighted by Gasteiger charge is 2.16. The Morgan fingerprint density at radius 1 is 0.906 bits per heavy atom. The molecule has 5 heterocycles. The number of aryl methyl sites for hydroxylation is 2. The van der Waals surface area contributed by atoms with Gasteiger partial charge in [0.2, 0.25) is 0 Å². The van der Waals surface area contributed by atoms with Crippen LogP contribution in [0.3, 0.4) is 0 Å². The molecule has 0 saturated carbocycles. The molecule has 6 aromatic rings. The second-order valence-electron chi connectivity index (χ2n) is 7.92. The van der Waals surface area contributed by atoms with Crippen molar-refractivity contribution in [3.8, 4) is 33.8 Å². The first kappa shape index (κ1) is 18.4. The molecular weight excluding hydrogens is 405 g/mol. The first-order valence-electron chi connectivity index (χ1n) is 10.1. The van der Waals surface area contributed by atoms with Crippen LogP contribution in [0.5, 0.6) is 0 Å². The number of hydrogen-bond donors (Lipinski definition) is 2. The highest BCUT2D eigenvalue weighted by Crippen LogP contribution is 2.34. The van der Waals surface area contributed by atoms with E-state index in [1.165, 1.54) is 12.1 Å². The van der Waals surface area contributed by atoms with Crippen molar-refractivity contribution in [1.29, 1.82) is 0 Å². The lowest BCUT2D eigenvalue weighted by Crippen LogP contribution is -1.87. The van der Waals surface area contributed by atoms with Gasteiger partial charge < -0.3 is 4.98 Å². The Balaban J connectivity index is 1.51. The van der Waals surface area contributed by atoms with Crippen molar-refractivity contribution in [2.75, 3.05) is 0 Å². The second-order valence-corrected chi connectivity index (χ2v) is 7.92. The van der Waals surface area contributed by atoms with Crippen LogP contribution in [0.15, 0.2) is 61.2 Å². The van der Waals surface area contributed by atoms with Crippen molar-refractivity contribution < 1.29 is 4.39 Å². The number of pyridine rings is 2. The molecule has 6 rings (SSSR count). The number of aromatic nitrogens is 7. The van der Waals surface area contributed by atoms with Crippen LogP contribution in [0.4, 0.5) is 4.39 Å². The molecule has 5 aromatic heterocycles. The largest absolute Gasteiger partial charge is 0.353 e. The van der Waals surface area contributed by atoms with Crippen LogP contribution >= 0.6 is 0 Å². The van der Waals surface area contributed by atoms with Crippen LogP contribution < -0.4 is 0 Å². The molecule has 0 atom stereocenters. The number of hydrogen-bond acceptors (Lipinski definition) is 4. The summed E-state index contributed by atoms with van der Waals surface area (Å²) in [4.78, 5) is 12.5. The molecule has 0 aliphatic heterocycles. The average molecular weight is 423 g/mol. The fourth-order valence-electron chi connectivity index (χ4n) is 4.12. The highest BCUT2D eigenvalue weighted by atomic mass is 19.1. The second kappa shape index (κ2) is 6.84. The molecule has 0 spiro atoms. The van der Waals surface area contributed by atoms with Crippen LogP contribution in [0.1, 0.15) is 5.56 Å². The van der Waals surface area contributed by atoms with Gasteiger partial charge in [0.1, 0.15) is 11.5 Å². The molecule has 8 heteroatoms. The van der Waals surface area contributed by atoms with Gasteiger partial charge in [0, 0.05) is 58.6 Å². The standard InChI is InChI=1S/C24H18FN7/c1-13-5-14(7-17(25)6-13)22-18-9-21(29-20(18)3-4-26-22)23-19-8-15(10-27-24(19)31-30-23)16-11-28-32(2)12-16/h3-12,29H,1-2H3,(H,27,30,31). The fraction of sp³-hybridized carbons (Fsp3) is 0.0833. The topological polar surface area (TPSA) is 88.1 Å². The summed E-state index contributed by atoms with van der Waals surface area (Å²) in [6.45, 7) is 1.87. The number of fused-ring (bicyclic) bond motifs is 2. The van der Waals surface area contributed by atoms with E-state index in [4.69, 9.17) is 0 Å². The van der Waals surface area contributed by atoms with Gasteiger partial charge in [-0.15, -0.1) is 0 Å². The first-order valence-corrected chi connectivity index (χ1v) is 10.1. The van der Waals surface area contributed by atoms with Crippen molar-refractivity contribution in [3.05, 3.63) is 72.6 Å². The van der Waals surface area contributed by atoms with Gasteiger partial charge in [0.25, 0.3) is 0 Å². The number of benzene rings is 1. The Morgan fingerprint density at radius 2 is 1.81 bits per heavy atom. The maximum absolute atomic E-state index is 14.0. The minimum Gasteiger partial charge on any atom is -0.353 e. The zero-order valence-electron chi connectivity index (χ0n) is 17.4. The predicted octanol–water partition coefficient (Wildman–Crippen LogP) is 5.02. The molecular formula is C24H18FN7. The smallest absolute Gasteiger partial charge is 0.155 e. The summed E-state index contributed by atoms with van der Waals surface area (Å²) in [5.74, 6) is -0.276. The van der Waals surface area contributed by atoms with Gasteiger partial charge in [-0.1, -0.05) is 0 Å². The molecule has 2 N–H and O–H groups in total. The molecule has 1 aromatic carbocycles. The zero-order chi connectivity index (χ0) is 21.8. The molecule has 0 amide bonds. The monoisotopic (exact) mass is 423 g/mol. The van der Waals surface area contributed by atoms with Gasteiger partial charge in [-0.2, -0.15) is 10.2 Å². The Morgan fingerprint density at radius 3 is 2.62 bits per heavy atom. The Hall–Kier alpha value is -4.33. The van der Waals surface area contributed by atoms with Gasteiger partial charge in [0.15, 0.2) is 5.65 Å². The molecule has 7 nitrogen and oxygen atoms in total. The van der Waals surface area contributed by atoms with E-state index < -0.39 is 0 Å². The predicted molar refractivity (Wildman–Crippen MR) is 121 cm³/mol. The van der Waals surface area contributed by atoms with E-state index in [1.54, 1.807) is 17.1 Å². The maximum atomic E-state index is 14.0. The zero-order valence-corrected chi connectivity index (χ0v) is 17.4. The number of nitrogens with one attached hydrogen (secondary N) is 2. The number of halogens is 1. The summed E-state index contributed by atoms with van der Waals surface area (Å²) in [5, 5.41) is 13.6. The van der Waals surface area contributed by atoms with Crippen LogP contribution in [-0.2, 0) is 7.05 Å². The molecule has 0 saturated heterocycles. The van der Waals surface area contributed by atoms with Crippen LogP contribution in [0.25, 0.3) is 55.7 Å². The van der Waals surface area contributed by atoms with Crippen LogP contribution in [0, 0.1) is 12.7 Å². The number of rotatable bonds is 3. The Kier molecular flexibility index (Phi) is 3.94. The summed E-state index contributed by atoms with van der Waals surface area (Å²) >= 11 is 0. The lowest BCUT2D eigenvalue weighted by molar-refractivity contribution is 0.627. The van der Waals surface area contributed by atoms with Crippen molar-refractivity contribution in [3.63, 3.8) is 0 Å². The van der Waals surface area contributed by atoms with Crippen molar-refractivity contribution in [1.82, 2.24) is 34.9 Å². The number of H-pyrrole nitrogens is 2. The molecule has 0 radical (unpaired) electrons. The normalized spacial score (nSPS) is 11.6. The molecule has 0 unspecified atom stereocenters. The van der Waals surface area contributed by atoms with Crippen molar-refractivity contribution in [2.45, 2.75) is 6.92 Å². The van der Waals surface area contributed by atoms with Gasteiger partial charge in [-0.3, -0.25) is 14.8 Å². The molecule has 156 valence electrons. The molecule has 0 aliphatic carbocycles. The van der Waals surface area contributed by atoms with Crippen LogP contribution in [-0.4, -0.2) is 34.9 Å². The minimum atomic E-state index is -0.276. The van der Waals surface area contributed by atoms with Crippen molar-refractivity contribution >= 4 is 21.9 Å². The number of aromatic amines is 2. The SMILES string of the molecule is Cc1cc(F)cc(-c2nccc3[nH]c(-c4n[nH]c5ncc(-c6cnn(C)c6)cc45)cc23)c1. The van der Waals surface area contributed by atoms with Crippen molar-refractivity contribution in [2.24, 2.45) is 7.05 Å². The summed E-state index contributed by atoms with van der Waals surface area (Å²) in [7, 11) is 1.88. The summed E-state index contributed by atoms with van der Waals surface area (Å²) in [5.41, 5.74) is 7.45. The third kappa shape index (κ3) is 2.96. The van der Waals surface area contributed by atoms with Gasteiger partial charge in [0.05, 0.1) is 17.6 Å². The van der Waals surface area contributed by atoms with Gasteiger partial charge >= 0.3 is 0 Å². The van der Waals surface area contributed by atoms with E-state index in [0.29, 0.717) is 5.65 Å². The third-order valence-electron chi connectivity index (χ3n) is 5.57. The molecule has 0 fully saturated rings. The highest BCUT2D eigenvalue weighted by molar-refractivity contribution is 6.00. The molecule has 0 aliphatic rings. The fourth-order valence-corrected chi connectivity index (χ4v) is 4.12.